The summed E-state index contributed by atoms with van der Waals surface area (Å²) >= 11 is 7.20. The van der Waals surface area contributed by atoms with Gasteiger partial charge in [0.2, 0.25) is 0 Å². The van der Waals surface area contributed by atoms with E-state index in [4.69, 9.17) is 17.3 Å². The van der Waals surface area contributed by atoms with Gasteiger partial charge in [-0.2, -0.15) is 0 Å². The Hall–Kier alpha value is -1.50. The molecular formula is C16H23ClFN5O3S2. The van der Waals surface area contributed by atoms with Crippen molar-refractivity contribution in [2.45, 2.75) is 23.8 Å². The van der Waals surface area contributed by atoms with Gasteiger partial charge in [-0.25, -0.2) is 17.8 Å². The third-order valence-corrected chi connectivity index (χ3v) is 6.20. The van der Waals surface area contributed by atoms with Crippen molar-refractivity contribution in [2.75, 3.05) is 36.2 Å². The molecule has 1 aromatic heterocycles. The molecule has 1 atom stereocenters. The summed E-state index contributed by atoms with van der Waals surface area (Å²) in [4.78, 5) is 3.28. The van der Waals surface area contributed by atoms with E-state index in [1.54, 1.807) is 5.38 Å². The second kappa shape index (κ2) is 10.9. The molecule has 28 heavy (non-hydrogen) atoms. The molecule has 0 fully saturated rings. The minimum atomic E-state index is -4.12. The van der Waals surface area contributed by atoms with E-state index in [0.29, 0.717) is 25.3 Å². The van der Waals surface area contributed by atoms with Crippen molar-refractivity contribution >= 4 is 43.8 Å². The molecule has 1 heterocycles. The maximum Gasteiger partial charge on any atom is 0.266 e. The van der Waals surface area contributed by atoms with Crippen LogP contribution in [0.5, 0.6) is 0 Å². The fraction of sp³-hybridized carbons (Fsp3) is 0.438. The van der Waals surface area contributed by atoms with E-state index in [1.165, 1.54) is 6.20 Å². The molecule has 8 nitrogen and oxygen atoms in total. The molecule has 0 bridgehead atoms. The van der Waals surface area contributed by atoms with Crippen molar-refractivity contribution in [2.24, 2.45) is 5.73 Å². The summed E-state index contributed by atoms with van der Waals surface area (Å²) in [5.74, 6) is -0.909. The number of thiazole rings is 1. The largest absolute Gasteiger partial charge is 0.390 e. The molecule has 0 saturated heterocycles. The Labute approximate surface area is 172 Å². The van der Waals surface area contributed by atoms with Crippen LogP contribution >= 0.6 is 22.9 Å². The van der Waals surface area contributed by atoms with Crippen LogP contribution in [0.2, 0.25) is 5.02 Å². The van der Waals surface area contributed by atoms with Crippen LogP contribution in [-0.2, 0) is 10.0 Å². The zero-order chi connectivity index (χ0) is 20.6. The highest BCUT2D eigenvalue weighted by atomic mass is 35.5. The zero-order valence-electron chi connectivity index (χ0n) is 15.0. The van der Waals surface area contributed by atoms with Gasteiger partial charge in [-0.3, -0.25) is 4.72 Å². The zero-order valence-corrected chi connectivity index (χ0v) is 17.4. The number of nitrogens with two attached hydrogens (primary N) is 1. The van der Waals surface area contributed by atoms with E-state index in [1.807, 2.05) is 0 Å². The maximum atomic E-state index is 14.4. The molecular weight excluding hydrogens is 429 g/mol. The number of aliphatic hydroxyl groups is 1. The monoisotopic (exact) mass is 451 g/mol. The highest BCUT2D eigenvalue weighted by Crippen LogP contribution is 2.29. The average molecular weight is 452 g/mol. The Bertz CT molecular complexity index is 852. The van der Waals surface area contributed by atoms with Crippen molar-refractivity contribution in [1.29, 1.82) is 0 Å². The molecule has 6 N–H and O–H groups in total. The third-order valence-electron chi connectivity index (χ3n) is 3.71. The number of benzene rings is 1. The number of halogens is 2. The summed E-state index contributed by atoms with van der Waals surface area (Å²) in [6.07, 6.45) is 2.48. The molecule has 12 heteroatoms. The number of hydrogen-bond donors (Lipinski definition) is 5. The Morgan fingerprint density at radius 2 is 2.07 bits per heavy atom. The molecule has 0 amide bonds. The number of aromatic nitrogens is 1. The van der Waals surface area contributed by atoms with Gasteiger partial charge in [0.1, 0.15) is 10.7 Å². The summed E-state index contributed by atoms with van der Waals surface area (Å²) < 4.78 is 41.2. The van der Waals surface area contributed by atoms with Crippen LogP contribution in [-0.4, -0.2) is 50.8 Å². The summed E-state index contributed by atoms with van der Waals surface area (Å²) in [5.41, 5.74) is 5.63. The molecule has 0 spiro atoms. The van der Waals surface area contributed by atoms with Crippen LogP contribution in [0.25, 0.3) is 0 Å². The predicted octanol–water partition coefficient (Wildman–Crippen LogP) is 1.84. The summed E-state index contributed by atoms with van der Waals surface area (Å²) in [6.45, 7) is 1.89. The van der Waals surface area contributed by atoms with Crippen LogP contribution in [0.4, 0.5) is 15.2 Å². The normalized spacial score (nSPS) is 12.7. The maximum absolute atomic E-state index is 14.4. The van der Waals surface area contributed by atoms with E-state index < -0.39 is 26.8 Å². The van der Waals surface area contributed by atoms with E-state index in [-0.39, 0.29) is 16.7 Å². The number of nitrogens with zero attached hydrogens (tertiary/aromatic N) is 1. The predicted molar refractivity (Wildman–Crippen MR) is 110 cm³/mol. The van der Waals surface area contributed by atoms with E-state index in [2.05, 4.69) is 20.3 Å². The first kappa shape index (κ1) is 22.8. The molecule has 0 aliphatic rings. The van der Waals surface area contributed by atoms with Gasteiger partial charge in [0.05, 0.1) is 16.8 Å². The first-order valence-corrected chi connectivity index (χ1v) is 11.3. The minimum absolute atomic E-state index is 0.102. The van der Waals surface area contributed by atoms with Crippen LogP contribution in [0.1, 0.15) is 12.8 Å². The van der Waals surface area contributed by atoms with Gasteiger partial charge < -0.3 is 21.5 Å². The van der Waals surface area contributed by atoms with Crippen molar-refractivity contribution in [3.05, 3.63) is 34.5 Å². The fourth-order valence-electron chi connectivity index (χ4n) is 2.26. The van der Waals surface area contributed by atoms with Crippen LogP contribution in [0, 0.1) is 5.82 Å². The minimum Gasteiger partial charge on any atom is -0.390 e. The van der Waals surface area contributed by atoms with E-state index in [9.17, 15) is 17.9 Å². The van der Waals surface area contributed by atoms with Crippen molar-refractivity contribution < 1.29 is 17.9 Å². The lowest BCUT2D eigenvalue weighted by molar-refractivity contribution is 0.179. The van der Waals surface area contributed by atoms with Crippen molar-refractivity contribution in [1.82, 2.24) is 10.3 Å². The molecule has 2 aromatic rings. The number of aliphatic hydroxyl groups excluding tert-OH is 1. The number of anilines is 2. The lowest BCUT2D eigenvalue weighted by Crippen LogP contribution is -2.33. The van der Waals surface area contributed by atoms with Gasteiger partial charge in [-0.15, -0.1) is 11.3 Å². The summed E-state index contributed by atoms with van der Waals surface area (Å²) in [5, 5.41) is 17.2. The third kappa shape index (κ3) is 6.83. The second-order valence-corrected chi connectivity index (χ2v) is 8.89. The van der Waals surface area contributed by atoms with Gasteiger partial charge in [-0.05, 0) is 31.5 Å². The standard InChI is InChI=1S/C16H23ClFN5O3S2/c17-12-7-15(28(25,26)23-16-22-5-6-27-16)13(18)8-14(12)21-4-2-1-3-20-10-11(24)9-19/h5-8,11,20-21,24H,1-4,9-10,19H2,(H,22,23)/t11-/m1/s1. The smallest absolute Gasteiger partial charge is 0.266 e. The fourth-order valence-corrected chi connectivity index (χ4v) is 4.43. The molecule has 0 unspecified atom stereocenters. The molecule has 0 aliphatic carbocycles. The molecule has 1 aromatic carbocycles. The lowest BCUT2D eigenvalue weighted by atomic mass is 10.2. The highest BCUT2D eigenvalue weighted by Gasteiger charge is 2.22. The van der Waals surface area contributed by atoms with Gasteiger partial charge in [0.15, 0.2) is 5.13 Å². The second-order valence-electron chi connectivity index (χ2n) is 5.93. The molecule has 0 aliphatic heterocycles. The first-order chi connectivity index (χ1) is 13.3. The summed E-state index contributed by atoms with van der Waals surface area (Å²) in [7, 11) is -4.12. The number of nitrogens with one attached hydrogen (secondary N) is 3. The van der Waals surface area contributed by atoms with Crippen LogP contribution in [0.3, 0.4) is 0 Å². The molecule has 0 saturated carbocycles. The van der Waals surface area contributed by atoms with E-state index in [0.717, 1.165) is 36.3 Å². The van der Waals surface area contributed by atoms with Gasteiger partial charge in [0.25, 0.3) is 10.0 Å². The van der Waals surface area contributed by atoms with Gasteiger partial charge >= 0.3 is 0 Å². The first-order valence-electron chi connectivity index (χ1n) is 8.57. The molecule has 156 valence electrons. The average Bonchev–Trinajstić information content (AvgIpc) is 3.15. The Kier molecular flexibility index (Phi) is 8.86. The van der Waals surface area contributed by atoms with Crippen molar-refractivity contribution in [3.63, 3.8) is 0 Å². The Balaban J connectivity index is 1.87. The SMILES string of the molecule is NC[C@@H](O)CNCCCCNc1cc(F)c(S(=O)(=O)Nc2nccs2)cc1Cl. The lowest BCUT2D eigenvalue weighted by Gasteiger charge is -2.12. The van der Waals surface area contributed by atoms with Crippen LogP contribution in [0.15, 0.2) is 28.6 Å². The topological polar surface area (TPSA) is 129 Å². The number of sulfonamides is 1. The number of rotatable bonds is 12. The van der Waals surface area contributed by atoms with Crippen LogP contribution < -0.4 is 21.1 Å². The number of hydrogen-bond acceptors (Lipinski definition) is 8. The van der Waals surface area contributed by atoms with Crippen molar-refractivity contribution in [3.8, 4) is 0 Å². The molecule has 2 rings (SSSR count). The quantitative estimate of drug-likeness (QED) is 0.311. The van der Waals surface area contributed by atoms with E-state index >= 15 is 0 Å². The van der Waals surface area contributed by atoms with Gasteiger partial charge in [0, 0.05) is 31.2 Å². The molecule has 0 radical (unpaired) electrons. The number of unbranched alkanes of at least 4 members (excludes halogenated alkanes) is 1. The Morgan fingerprint density at radius 1 is 1.32 bits per heavy atom. The summed E-state index contributed by atoms with van der Waals surface area (Å²) in [6, 6.07) is 2.14. The van der Waals surface area contributed by atoms with Gasteiger partial charge in [-0.1, -0.05) is 11.6 Å². The Morgan fingerprint density at radius 3 is 2.75 bits per heavy atom. The highest BCUT2D eigenvalue weighted by molar-refractivity contribution is 7.93.